The molecule has 21 heavy (non-hydrogen) atoms. The first-order valence-corrected chi connectivity index (χ1v) is 8.40. The van der Waals surface area contributed by atoms with Crippen LogP contribution in [-0.4, -0.2) is 12.5 Å². The van der Waals surface area contributed by atoms with E-state index in [2.05, 4.69) is 29.7 Å². The zero-order valence-electron chi connectivity index (χ0n) is 13.2. The van der Waals surface area contributed by atoms with Crippen molar-refractivity contribution in [3.05, 3.63) is 29.8 Å². The van der Waals surface area contributed by atoms with Gasteiger partial charge >= 0.3 is 0 Å². The van der Waals surface area contributed by atoms with Gasteiger partial charge in [-0.15, -0.1) is 0 Å². The molecule has 2 rings (SSSR count). The van der Waals surface area contributed by atoms with Crippen molar-refractivity contribution >= 4 is 11.6 Å². The Bertz CT molecular complexity index is 419. The number of carbonyl (C=O) groups excluding carboxylic acids is 1. The van der Waals surface area contributed by atoms with Gasteiger partial charge in [-0.2, -0.15) is 0 Å². The van der Waals surface area contributed by atoms with Crippen LogP contribution in [0.1, 0.15) is 57.4 Å². The average Bonchev–Trinajstić information content (AvgIpc) is 2.78. The Morgan fingerprint density at radius 2 is 1.76 bits per heavy atom. The minimum Gasteiger partial charge on any atom is -0.326 e. The Morgan fingerprint density at radius 3 is 2.38 bits per heavy atom. The van der Waals surface area contributed by atoms with Crippen LogP contribution in [0.2, 0.25) is 0 Å². The van der Waals surface area contributed by atoms with Crippen molar-refractivity contribution < 1.29 is 4.79 Å². The van der Waals surface area contributed by atoms with E-state index < -0.39 is 0 Å². The van der Waals surface area contributed by atoms with Crippen molar-refractivity contribution in [1.82, 2.24) is 5.32 Å². The van der Waals surface area contributed by atoms with Gasteiger partial charge < -0.3 is 10.6 Å². The molecule has 1 aliphatic carbocycles. The van der Waals surface area contributed by atoms with Crippen LogP contribution in [0, 0.1) is 5.92 Å². The molecule has 0 saturated heterocycles. The molecule has 0 radical (unpaired) electrons. The minimum absolute atomic E-state index is 0.203. The molecule has 1 aromatic carbocycles. The molecule has 2 N–H and O–H groups in total. The average molecular weight is 288 g/mol. The summed E-state index contributed by atoms with van der Waals surface area (Å²) in [5.74, 6) is 0.409. The Morgan fingerprint density at radius 1 is 1.10 bits per heavy atom. The third kappa shape index (κ3) is 5.50. The maximum Gasteiger partial charge on any atom is 0.227 e. The molecule has 1 fully saturated rings. The molecule has 1 aromatic rings. The highest BCUT2D eigenvalue weighted by Crippen LogP contribution is 2.24. The number of anilines is 1. The largest absolute Gasteiger partial charge is 0.326 e. The number of rotatable bonds is 6. The van der Waals surface area contributed by atoms with Crippen LogP contribution < -0.4 is 10.6 Å². The Kier molecular flexibility index (Phi) is 6.74. The number of hydrogen-bond donors (Lipinski definition) is 2. The van der Waals surface area contributed by atoms with Crippen LogP contribution >= 0.6 is 0 Å². The molecule has 1 amide bonds. The highest BCUT2D eigenvalue weighted by Gasteiger charge is 2.19. The van der Waals surface area contributed by atoms with Crippen LogP contribution in [-0.2, 0) is 11.3 Å². The van der Waals surface area contributed by atoms with Gasteiger partial charge in [-0.3, -0.25) is 4.79 Å². The topological polar surface area (TPSA) is 41.1 Å². The summed E-state index contributed by atoms with van der Waals surface area (Å²) in [5, 5.41) is 6.46. The van der Waals surface area contributed by atoms with Gasteiger partial charge in [0.05, 0.1) is 0 Å². The third-order valence-corrected chi connectivity index (χ3v) is 4.20. The van der Waals surface area contributed by atoms with Crippen LogP contribution in [0.15, 0.2) is 24.3 Å². The fraction of sp³-hybridized carbons (Fsp3) is 0.611. The maximum absolute atomic E-state index is 12.3. The fourth-order valence-electron chi connectivity index (χ4n) is 2.90. The molecule has 3 nitrogen and oxygen atoms in total. The van der Waals surface area contributed by atoms with E-state index in [1.807, 2.05) is 12.1 Å². The lowest BCUT2D eigenvalue weighted by molar-refractivity contribution is -0.120. The molecule has 1 aliphatic rings. The Balaban J connectivity index is 1.82. The predicted octanol–water partition coefficient (Wildman–Crippen LogP) is 4.10. The first-order valence-electron chi connectivity index (χ1n) is 8.40. The number of amides is 1. The summed E-state index contributed by atoms with van der Waals surface area (Å²) in [6, 6.07) is 8.20. The van der Waals surface area contributed by atoms with Gasteiger partial charge in [-0.1, -0.05) is 44.7 Å². The highest BCUT2D eigenvalue weighted by molar-refractivity contribution is 5.92. The molecule has 0 atom stereocenters. The minimum atomic E-state index is 0.203. The summed E-state index contributed by atoms with van der Waals surface area (Å²) in [6.07, 6.45) is 8.19. The summed E-state index contributed by atoms with van der Waals surface area (Å²) in [4.78, 5) is 12.3. The van der Waals surface area contributed by atoms with Crippen molar-refractivity contribution in [2.45, 2.75) is 58.4 Å². The molecular weight excluding hydrogens is 260 g/mol. The maximum atomic E-state index is 12.3. The second-order valence-electron chi connectivity index (χ2n) is 6.05. The number of nitrogens with one attached hydrogen (secondary N) is 2. The van der Waals surface area contributed by atoms with Gasteiger partial charge in [0.2, 0.25) is 5.91 Å². The number of hydrogen-bond acceptors (Lipinski definition) is 2. The van der Waals surface area contributed by atoms with Gasteiger partial charge in [0.1, 0.15) is 0 Å². The van der Waals surface area contributed by atoms with E-state index in [1.165, 1.54) is 31.2 Å². The lowest BCUT2D eigenvalue weighted by Gasteiger charge is -2.14. The van der Waals surface area contributed by atoms with Crippen LogP contribution in [0.4, 0.5) is 5.69 Å². The van der Waals surface area contributed by atoms with Crippen molar-refractivity contribution in [3.63, 3.8) is 0 Å². The molecule has 1 saturated carbocycles. The number of benzene rings is 1. The summed E-state index contributed by atoms with van der Waals surface area (Å²) in [5.41, 5.74) is 2.18. The standard InChI is InChI=1S/C18H28N2O/c1-2-13-19-14-15-9-11-17(12-10-15)20-18(21)16-7-5-3-4-6-8-16/h9-12,16,19H,2-8,13-14H2,1H3,(H,20,21). The van der Waals surface area contributed by atoms with E-state index >= 15 is 0 Å². The summed E-state index contributed by atoms with van der Waals surface area (Å²) >= 11 is 0. The van der Waals surface area contributed by atoms with E-state index in [9.17, 15) is 4.79 Å². The second kappa shape index (κ2) is 8.83. The Labute approximate surface area is 128 Å². The van der Waals surface area contributed by atoms with Crippen molar-refractivity contribution in [3.8, 4) is 0 Å². The zero-order valence-corrected chi connectivity index (χ0v) is 13.2. The van der Waals surface area contributed by atoms with Crippen molar-refractivity contribution in [1.29, 1.82) is 0 Å². The monoisotopic (exact) mass is 288 g/mol. The highest BCUT2D eigenvalue weighted by atomic mass is 16.1. The fourth-order valence-corrected chi connectivity index (χ4v) is 2.90. The van der Waals surface area contributed by atoms with Crippen molar-refractivity contribution in [2.24, 2.45) is 5.92 Å². The first kappa shape index (κ1) is 16.0. The molecule has 0 unspecified atom stereocenters. The summed E-state index contributed by atoms with van der Waals surface area (Å²) in [6.45, 7) is 4.10. The second-order valence-corrected chi connectivity index (χ2v) is 6.05. The molecule has 0 aromatic heterocycles. The van der Waals surface area contributed by atoms with Gasteiger partial charge in [-0.25, -0.2) is 0 Å². The molecule has 0 spiro atoms. The normalized spacial score (nSPS) is 16.4. The zero-order chi connectivity index (χ0) is 14.9. The summed E-state index contributed by atoms with van der Waals surface area (Å²) < 4.78 is 0. The summed E-state index contributed by atoms with van der Waals surface area (Å²) in [7, 11) is 0. The van der Waals surface area contributed by atoms with E-state index in [4.69, 9.17) is 0 Å². The van der Waals surface area contributed by atoms with Gasteiger partial charge in [0.25, 0.3) is 0 Å². The quantitative estimate of drug-likeness (QED) is 0.611. The van der Waals surface area contributed by atoms with E-state index in [1.54, 1.807) is 0 Å². The lowest BCUT2D eigenvalue weighted by Crippen LogP contribution is -2.22. The van der Waals surface area contributed by atoms with Crippen LogP contribution in [0.25, 0.3) is 0 Å². The van der Waals surface area contributed by atoms with Crippen LogP contribution in [0.3, 0.4) is 0 Å². The van der Waals surface area contributed by atoms with Crippen LogP contribution in [0.5, 0.6) is 0 Å². The van der Waals surface area contributed by atoms with Gasteiger partial charge in [-0.05, 0) is 43.5 Å². The van der Waals surface area contributed by atoms with E-state index in [0.717, 1.165) is 38.0 Å². The molecule has 0 heterocycles. The van der Waals surface area contributed by atoms with E-state index in [0.29, 0.717) is 0 Å². The molecule has 116 valence electrons. The van der Waals surface area contributed by atoms with Gasteiger partial charge in [0, 0.05) is 18.2 Å². The molecular formula is C18H28N2O. The smallest absolute Gasteiger partial charge is 0.227 e. The first-order chi connectivity index (χ1) is 10.3. The van der Waals surface area contributed by atoms with Gasteiger partial charge in [0.15, 0.2) is 0 Å². The lowest BCUT2D eigenvalue weighted by atomic mass is 9.99. The molecule has 0 aliphatic heterocycles. The SMILES string of the molecule is CCCNCc1ccc(NC(=O)C2CCCCCC2)cc1. The Hall–Kier alpha value is -1.35. The third-order valence-electron chi connectivity index (χ3n) is 4.20. The van der Waals surface area contributed by atoms with E-state index in [-0.39, 0.29) is 11.8 Å². The molecule has 0 bridgehead atoms. The van der Waals surface area contributed by atoms with Crippen molar-refractivity contribution in [2.75, 3.05) is 11.9 Å². The predicted molar refractivity (Wildman–Crippen MR) is 88.3 cm³/mol. The molecule has 3 heteroatoms. The number of carbonyl (C=O) groups is 1.